The van der Waals surface area contributed by atoms with E-state index in [1.807, 2.05) is 54.7 Å². The van der Waals surface area contributed by atoms with Crippen LogP contribution in [-0.4, -0.2) is 39.1 Å². The molecule has 4 heterocycles. The maximum absolute atomic E-state index is 4.72. The van der Waals surface area contributed by atoms with E-state index in [1.165, 1.54) is 0 Å². The van der Waals surface area contributed by atoms with Gasteiger partial charge in [-0.05, 0) is 31.2 Å². The Morgan fingerprint density at radius 1 is 0.931 bits per heavy atom. The van der Waals surface area contributed by atoms with Crippen LogP contribution < -0.4 is 16.0 Å². The average Bonchev–Trinajstić information content (AvgIpc) is 3.28. The van der Waals surface area contributed by atoms with Crippen molar-refractivity contribution < 1.29 is 0 Å². The van der Waals surface area contributed by atoms with Crippen LogP contribution in [0.25, 0.3) is 22.2 Å². The molecule has 4 aromatic rings. The molecule has 3 N–H and O–H groups in total. The fourth-order valence-corrected chi connectivity index (χ4v) is 3.49. The first-order valence-corrected chi connectivity index (χ1v) is 9.73. The highest BCUT2D eigenvalue weighted by Crippen LogP contribution is 2.26. The number of rotatable bonds is 5. The predicted molar refractivity (Wildman–Crippen MR) is 115 cm³/mol. The standard InChI is InChI=1S/C22H21N7/c1-2-4-15(5-3-1)20-21-16(8-11-24-20)12-26-22(29-21)28-17-6-7-19(25-14-17)27-18-9-10-23-13-18/h1-8,11-12,14,18,23H,9-10,13H2,(H,25,27)(H,26,28,29). The van der Waals surface area contributed by atoms with Crippen molar-refractivity contribution in [2.75, 3.05) is 23.7 Å². The van der Waals surface area contributed by atoms with Gasteiger partial charge in [-0.2, -0.15) is 0 Å². The second-order valence-corrected chi connectivity index (χ2v) is 7.05. The van der Waals surface area contributed by atoms with Gasteiger partial charge in [-0.15, -0.1) is 0 Å². The minimum atomic E-state index is 0.439. The molecule has 1 fully saturated rings. The average molecular weight is 383 g/mol. The Kier molecular flexibility index (Phi) is 4.72. The van der Waals surface area contributed by atoms with Gasteiger partial charge in [-0.1, -0.05) is 30.3 Å². The molecule has 5 rings (SSSR count). The third-order valence-electron chi connectivity index (χ3n) is 4.98. The zero-order chi connectivity index (χ0) is 19.5. The summed E-state index contributed by atoms with van der Waals surface area (Å²) in [5, 5.41) is 11.0. The second-order valence-electron chi connectivity index (χ2n) is 7.05. The molecule has 1 aliphatic heterocycles. The number of aromatic nitrogens is 4. The predicted octanol–water partition coefficient (Wildman–Crippen LogP) is 3.60. The molecule has 0 radical (unpaired) electrons. The topological polar surface area (TPSA) is 87.7 Å². The van der Waals surface area contributed by atoms with Crippen LogP contribution in [0.4, 0.5) is 17.5 Å². The van der Waals surface area contributed by atoms with Gasteiger partial charge < -0.3 is 16.0 Å². The summed E-state index contributed by atoms with van der Waals surface area (Å²) in [7, 11) is 0. The van der Waals surface area contributed by atoms with Crippen molar-refractivity contribution in [3.05, 3.63) is 67.1 Å². The van der Waals surface area contributed by atoms with E-state index in [0.29, 0.717) is 12.0 Å². The summed E-state index contributed by atoms with van der Waals surface area (Å²) >= 11 is 0. The van der Waals surface area contributed by atoms with Crippen LogP contribution in [0, 0.1) is 0 Å². The molecule has 1 unspecified atom stereocenters. The minimum Gasteiger partial charge on any atom is -0.366 e. The van der Waals surface area contributed by atoms with Crippen LogP contribution in [0.2, 0.25) is 0 Å². The van der Waals surface area contributed by atoms with Crippen molar-refractivity contribution in [3.63, 3.8) is 0 Å². The van der Waals surface area contributed by atoms with E-state index in [0.717, 1.165) is 53.2 Å². The van der Waals surface area contributed by atoms with Gasteiger partial charge in [-0.3, -0.25) is 4.98 Å². The van der Waals surface area contributed by atoms with Gasteiger partial charge in [0, 0.05) is 35.9 Å². The Hall–Kier alpha value is -3.58. The summed E-state index contributed by atoms with van der Waals surface area (Å²) in [4.78, 5) is 18.2. The summed E-state index contributed by atoms with van der Waals surface area (Å²) in [6.07, 6.45) is 6.51. The van der Waals surface area contributed by atoms with Gasteiger partial charge in [0.15, 0.2) is 0 Å². The first-order chi connectivity index (χ1) is 14.3. The van der Waals surface area contributed by atoms with Crippen molar-refractivity contribution in [3.8, 4) is 11.3 Å². The maximum Gasteiger partial charge on any atom is 0.227 e. The van der Waals surface area contributed by atoms with E-state index in [2.05, 4.69) is 30.9 Å². The van der Waals surface area contributed by atoms with Crippen LogP contribution in [0.1, 0.15) is 6.42 Å². The fraction of sp³-hybridized carbons (Fsp3) is 0.182. The summed E-state index contributed by atoms with van der Waals surface area (Å²) < 4.78 is 0. The molecule has 1 aromatic carbocycles. The molecule has 0 bridgehead atoms. The highest BCUT2D eigenvalue weighted by molar-refractivity contribution is 5.91. The Balaban J connectivity index is 1.39. The number of nitrogens with one attached hydrogen (secondary N) is 3. The van der Waals surface area contributed by atoms with E-state index in [9.17, 15) is 0 Å². The first kappa shape index (κ1) is 17.5. The Bertz CT molecular complexity index is 1110. The SMILES string of the molecule is c1ccc(-c2nccc3cnc(Nc4ccc(NC5CCNC5)nc4)nc23)cc1. The molecule has 0 spiro atoms. The van der Waals surface area contributed by atoms with Gasteiger partial charge in [0.1, 0.15) is 11.3 Å². The molecule has 7 nitrogen and oxygen atoms in total. The first-order valence-electron chi connectivity index (χ1n) is 9.73. The van der Waals surface area contributed by atoms with E-state index in [1.54, 1.807) is 12.4 Å². The van der Waals surface area contributed by atoms with Gasteiger partial charge in [0.2, 0.25) is 5.95 Å². The van der Waals surface area contributed by atoms with E-state index in [-0.39, 0.29) is 0 Å². The Morgan fingerprint density at radius 2 is 1.86 bits per heavy atom. The highest BCUT2D eigenvalue weighted by Gasteiger charge is 2.14. The molecule has 1 aliphatic rings. The van der Waals surface area contributed by atoms with Gasteiger partial charge in [0.25, 0.3) is 0 Å². The zero-order valence-electron chi connectivity index (χ0n) is 15.8. The van der Waals surface area contributed by atoms with Crippen molar-refractivity contribution in [2.24, 2.45) is 0 Å². The highest BCUT2D eigenvalue weighted by atomic mass is 15.1. The third kappa shape index (κ3) is 3.86. The zero-order valence-corrected chi connectivity index (χ0v) is 15.8. The molecule has 7 heteroatoms. The molecule has 3 aromatic heterocycles. The third-order valence-corrected chi connectivity index (χ3v) is 4.98. The van der Waals surface area contributed by atoms with Crippen molar-refractivity contribution in [2.45, 2.75) is 12.5 Å². The minimum absolute atomic E-state index is 0.439. The summed E-state index contributed by atoms with van der Waals surface area (Å²) in [6.45, 7) is 2.03. The maximum atomic E-state index is 4.72. The van der Waals surface area contributed by atoms with Gasteiger partial charge in [-0.25, -0.2) is 15.0 Å². The van der Waals surface area contributed by atoms with Gasteiger partial charge in [0.05, 0.1) is 17.6 Å². The largest absolute Gasteiger partial charge is 0.366 e. The van der Waals surface area contributed by atoms with Crippen LogP contribution in [0.5, 0.6) is 0 Å². The lowest BCUT2D eigenvalue weighted by Gasteiger charge is -2.12. The van der Waals surface area contributed by atoms with Crippen LogP contribution in [0.15, 0.2) is 67.1 Å². The normalized spacial score (nSPS) is 16.1. The monoisotopic (exact) mass is 383 g/mol. The lowest BCUT2D eigenvalue weighted by Crippen LogP contribution is -2.22. The number of fused-ring (bicyclic) bond motifs is 1. The lowest BCUT2D eigenvalue weighted by atomic mass is 10.1. The van der Waals surface area contributed by atoms with Crippen LogP contribution in [-0.2, 0) is 0 Å². The molecule has 1 atom stereocenters. The molecular weight excluding hydrogens is 362 g/mol. The second kappa shape index (κ2) is 7.81. The smallest absolute Gasteiger partial charge is 0.227 e. The number of hydrogen-bond acceptors (Lipinski definition) is 7. The number of anilines is 3. The van der Waals surface area contributed by atoms with Crippen LogP contribution in [0.3, 0.4) is 0 Å². The molecule has 0 aliphatic carbocycles. The fourth-order valence-electron chi connectivity index (χ4n) is 3.49. The number of pyridine rings is 2. The van der Waals surface area contributed by atoms with Crippen molar-refractivity contribution in [1.29, 1.82) is 0 Å². The number of benzene rings is 1. The summed E-state index contributed by atoms with van der Waals surface area (Å²) in [5.74, 6) is 1.39. The van der Waals surface area contributed by atoms with Crippen molar-refractivity contribution in [1.82, 2.24) is 25.3 Å². The van der Waals surface area contributed by atoms with Gasteiger partial charge >= 0.3 is 0 Å². The lowest BCUT2D eigenvalue weighted by molar-refractivity contribution is 0.788. The molecule has 0 saturated carbocycles. The quantitative estimate of drug-likeness (QED) is 0.485. The Morgan fingerprint density at radius 3 is 2.66 bits per heavy atom. The molecule has 0 amide bonds. The summed E-state index contributed by atoms with van der Waals surface area (Å²) in [6, 6.07) is 16.4. The van der Waals surface area contributed by atoms with Crippen molar-refractivity contribution >= 4 is 28.4 Å². The molecular formula is C22H21N7. The number of hydrogen-bond donors (Lipinski definition) is 3. The Labute approximate surface area is 168 Å². The van der Waals surface area contributed by atoms with E-state index < -0.39 is 0 Å². The van der Waals surface area contributed by atoms with E-state index in [4.69, 9.17) is 4.98 Å². The summed E-state index contributed by atoms with van der Waals surface area (Å²) in [5.41, 5.74) is 3.53. The molecule has 1 saturated heterocycles. The van der Waals surface area contributed by atoms with E-state index >= 15 is 0 Å². The number of nitrogens with zero attached hydrogens (tertiary/aromatic N) is 4. The van der Waals surface area contributed by atoms with Crippen LogP contribution >= 0.6 is 0 Å². The molecule has 29 heavy (non-hydrogen) atoms. The molecule has 144 valence electrons.